The van der Waals surface area contributed by atoms with Crippen LogP contribution in [0, 0.1) is 0 Å². The third-order valence-corrected chi connectivity index (χ3v) is 6.17. The standard InChI is InChI=1S/C15H7ClN2OSe/c16-11-13(19)9-5-2-1-4-8(9)12-14(11)20-15-10(18-12)6-3-7-17-15/h1-7H. The molecule has 0 radical (unpaired) electrons. The van der Waals surface area contributed by atoms with E-state index in [0.29, 0.717) is 10.4 Å². The van der Waals surface area contributed by atoms with Crippen molar-refractivity contribution >= 4 is 46.8 Å². The van der Waals surface area contributed by atoms with Crippen LogP contribution in [0.2, 0.25) is 5.02 Å². The van der Waals surface area contributed by atoms with Crippen molar-refractivity contribution in [1.82, 2.24) is 9.97 Å². The summed E-state index contributed by atoms with van der Waals surface area (Å²) >= 11 is 6.18. The predicted molar refractivity (Wildman–Crippen MR) is 81.9 cm³/mol. The molecule has 0 spiro atoms. The summed E-state index contributed by atoms with van der Waals surface area (Å²) in [5.74, 6) is 0. The Labute approximate surface area is 125 Å². The number of benzene rings is 2. The molecule has 2 aliphatic rings. The van der Waals surface area contributed by atoms with Crippen molar-refractivity contribution in [3.05, 3.63) is 57.8 Å². The van der Waals surface area contributed by atoms with E-state index in [1.807, 2.05) is 30.3 Å². The first-order chi connectivity index (χ1) is 9.75. The maximum absolute atomic E-state index is 12.3. The monoisotopic (exact) mass is 346 g/mol. The molecular weight excluding hydrogens is 339 g/mol. The zero-order valence-corrected chi connectivity index (χ0v) is 12.6. The van der Waals surface area contributed by atoms with Gasteiger partial charge in [-0.25, -0.2) is 0 Å². The van der Waals surface area contributed by atoms with Gasteiger partial charge in [-0.05, 0) is 0 Å². The zero-order chi connectivity index (χ0) is 13.7. The van der Waals surface area contributed by atoms with Crippen molar-refractivity contribution < 1.29 is 0 Å². The number of fused-ring (bicyclic) bond motifs is 4. The molecule has 0 saturated carbocycles. The first kappa shape index (κ1) is 12.0. The van der Waals surface area contributed by atoms with Crippen molar-refractivity contribution in [2.24, 2.45) is 0 Å². The minimum absolute atomic E-state index is 0.0893. The summed E-state index contributed by atoms with van der Waals surface area (Å²) in [6.07, 6.45) is 1.74. The van der Waals surface area contributed by atoms with Crippen molar-refractivity contribution in [2.75, 3.05) is 0 Å². The van der Waals surface area contributed by atoms with Crippen LogP contribution in [-0.2, 0) is 0 Å². The summed E-state index contributed by atoms with van der Waals surface area (Å²) in [4.78, 5) is 21.3. The van der Waals surface area contributed by atoms with Crippen molar-refractivity contribution in [2.45, 2.75) is 0 Å². The van der Waals surface area contributed by atoms with Gasteiger partial charge in [-0.3, -0.25) is 0 Å². The number of hydrogen-bond donors (Lipinski definition) is 0. The van der Waals surface area contributed by atoms with Crippen LogP contribution in [0.5, 0.6) is 0 Å². The van der Waals surface area contributed by atoms with Crippen LogP contribution in [0.25, 0.3) is 30.8 Å². The number of rotatable bonds is 0. The zero-order valence-electron chi connectivity index (χ0n) is 10.1. The molecule has 0 saturated heterocycles. The molecule has 0 bridgehead atoms. The van der Waals surface area contributed by atoms with E-state index in [1.165, 1.54) is 0 Å². The van der Waals surface area contributed by atoms with Gasteiger partial charge in [0.1, 0.15) is 0 Å². The Morgan fingerprint density at radius 3 is 2.70 bits per heavy atom. The first-order valence-corrected chi connectivity index (χ1v) is 8.10. The van der Waals surface area contributed by atoms with Crippen LogP contribution >= 0.6 is 11.6 Å². The Hall–Kier alpha value is -1.74. The summed E-state index contributed by atoms with van der Waals surface area (Å²) in [6.45, 7) is 0. The first-order valence-electron chi connectivity index (χ1n) is 6.01. The SMILES string of the molecule is O=c1c(Cl)c2[se]c3ncccc3nc-2c2ccccc12. The van der Waals surface area contributed by atoms with Gasteiger partial charge in [0.05, 0.1) is 0 Å². The van der Waals surface area contributed by atoms with Gasteiger partial charge in [0.25, 0.3) is 0 Å². The molecule has 0 atom stereocenters. The molecule has 4 rings (SSSR count). The summed E-state index contributed by atoms with van der Waals surface area (Å²) in [7, 11) is 0. The summed E-state index contributed by atoms with van der Waals surface area (Å²) in [5.41, 5.74) is 1.59. The second kappa shape index (κ2) is 4.38. The molecule has 2 aromatic rings. The van der Waals surface area contributed by atoms with Gasteiger partial charge in [-0.2, -0.15) is 0 Å². The number of pyridine rings is 1. The molecule has 3 nitrogen and oxygen atoms in total. The van der Waals surface area contributed by atoms with Crippen LogP contribution in [0.3, 0.4) is 0 Å². The Morgan fingerprint density at radius 2 is 1.85 bits per heavy atom. The predicted octanol–water partition coefficient (Wildman–Crippen LogP) is 2.96. The van der Waals surface area contributed by atoms with Crippen LogP contribution in [0.1, 0.15) is 0 Å². The van der Waals surface area contributed by atoms with E-state index < -0.39 is 0 Å². The second-order valence-electron chi connectivity index (χ2n) is 4.41. The third-order valence-electron chi connectivity index (χ3n) is 3.22. The molecule has 0 amide bonds. The van der Waals surface area contributed by atoms with Crippen LogP contribution in [-0.4, -0.2) is 24.5 Å². The Balaban J connectivity index is 2.34. The summed E-state index contributed by atoms with van der Waals surface area (Å²) < 4.78 is 1.76. The van der Waals surface area contributed by atoms with E-state index in [9.17, 15) is 4.79 Å². The third kappa shape index (κ3) is 1.63. The van der Waals surface area contributed by atoms with Crippen LogP contribution in [0.15, 0.2) is 47.4 Å². The fourth-order valence-electron chi connectivity index (χ4n) is 2.30. The molecule has 0 fully saturated rings. The van der Waals surface area contributed by atoms with E-state index in [4.69, 9.17) is 11.6 Å². The minimum atomic E-state index is -0.113. The van der Waals surface area contributed by atoms with E-state index in [0.717, 1.165) is 25.4 Å². The van der Waals surface area contributed by atoms with Gasteiger partial charge >= 0.3 is 125 Å². The molecule has 0 N–H and O–H groups in total. The number of nitrogens with zero attached hydrogens (tertiary/aromatic N) is 2. The molecule has 96 valence electrons. The van der Waals surface area contributed by atoms with Crippen LogP contribution < -0.4 is 5.43 Å². The fraction of sp³-hybridized carbons (Fsp3) is 0. The van der Waals surface area contributed by atoms with Crippen molar-refractivity contribution in [1.29, 1.82) is 0 Å². The van der Waals surface area contributed by atoms with E-state index in [1.54, 1.807) is 12.3 Å². The normalized spacial score (nSPS) is 11.4. The molecule has 20 heavy (non-hydrogen) atoms. The molecule has 1 aliphatic carbocycles. The molecule has 1 aromatic carbocycles. The maximum atomic E-state index is 12.3. The summed E-state index contributed by atoms with van der Waals surface area (Å²) in [6, 6.07) is 11.3. The van der Waals surface area contributed by atoms with Gasteiger partial charge in [-0.15, -0.1) is 0 Å². The van der Waals surface area contributed by atoms with Gasteiger partial charge in [-0.1, -0.05) is 0 Å². The van der Waals surface area contributed by atoms with Crippen molar-refractivity contribution in [3.8, 4) is 10.1 Å². The number of halogens is 1. The Bertz CT molecular complexity index is 996. The molecule has 0 unspecified atom stereocenters. The van der Waals surface area contributed by atoms with E-state index >= 15 is 0 Å². The molecule has 1 aliphatic heterocycles. The summed E-state index contributed by atoms with van der Waals surface area (Å²) in [5, 5.41) is 1.79. The fourth-order valence-corrected chi connectivity index (χ4v) is 4.71. The number of aromatic nitrogens is 2. The molecule has 2 heterocycles. The number of hydrogen-bond acceptors (Lipinski definition) is 3. The van der Waals surface area contributed by atoms with Gasteiger partial charge in [0, 0.05) is 0 Å². The Morgan fingerprint density at radius 1 is 1.05 bits per heavy atom. The van der Waals surface area contributed by atoms with Gasteiger partial charge < -0.3 is 0 Å². The van der Waals surface area contributed by atoms with E-state index in [-0.39, 0.29) is 19.9 Å². The molecular formula is C15H7ClN2OSe. The van der Waals surface area contributed by atoms with Crippen LogP contribution in [0.4, 0.5) is 0 Å². The quantitative estimate of drug-likeness (QED) is 0.279. The average molecular weight is 346 g/mol. The average Bonchev–Trinajstić information content (AvgIpc) is 2.51. The van der Waals surface area contributed by atoms with Gasteiger partial charge in [0.2, 0.25) is 0 Å². The molecule has 1 aromatic heterocycles. The Kier molecular flexibility index (Phi) is 2.64. The topological polar surface area (TPSA) is 42.9 Å². The second-order valence-corrected chi connectivity index (χ2v) is 6.88. The van der Waals surface area contributed by atoms with Crippen molar-refractivity contribution in [3.63, 3.8) is 0 Å². The van der Waals surface area contributed by atoms with E-state index in [2.05, 4.69) is 9.97 Å². The van der Waals surface area contributed by atoms with Gasteiger partial charge in [0.15, 0.2) is 0 Å². The molecule has 5 heteroatoms.